The third-order valence-electron chi connectivity index (χ3n) is 3.59. The van der Waals surface area contributed by atoms with Gasteiger partial charge in [0.05, 0.1) is 6.61 Å². The Hall–Kier alpha value is -2.27. The summed E-state index contributed by atoms with van der Waals surface area (Å²) in [5.74, 6) is 0.580. The fraction of sp³-hybridized carbons (Fsp3) is 0.389. The number of hydrogen-bond donors (Lipinski definition) is 2. The summed E-state index contributed by atoms with van der Waals surface area (Å²) in [7, 11) is 0. The quantitative estimate of drug-likeness (QED) is 0.770. The second-order valence-electron chi connectivity index (χ2n) is 6.02. The van der Waals surface area contributed by atoms with E-state index in [9.17, 15) is 4.79 Å². The molecule has 1 heterocycles. The van der Waals surface area contributed by atoms with Crippen molar-refractivity contribution in [2.45, 2.75) is 20.4 Å². The number of aliphatic hydroxyl groups excluding tert-OH is 1. The van der Waals surface area contributed by atoms with Crippen molar-refractivity contribution in [3.8, 4) is 0 Å². The van der Waals surface area contributed by atoms with Crippen LogP contribution in [-0.4, -0.2) is 40.3 Å². The fourth-order valence-electron chi connectivity index (χ4n) is 2.59. The normalized spacial score (nSPS) is 11.0. The molecule has 0 fully saturated rings. The minimum atomic E-state index is -0.236. The minimum Gasteiger partial charge on any atom is -0.395 e. The summed E-state index contributed by atoms with van der Waals surface area (Å²) in [6.07, 6.45) is 3.72. The first-order chi connectivity index (χ1) is 11.0. The standard InChI is InChI=1S/C18H25N3O2/c1-4-8-20(10-11-22)18(23)19-16-5-6-17-15(12-16)7-9-21(17)13-14(2)3/h4-7,9,12,14,22H,1,8,10-11,13H2,2-3H3,(H,19,23). The molecule has 0 saturated heterocycles. The number of carbonyl (C=O) groups is 1. The molecule has 2 N–H and O–H groups in total. The maximum atomic E-state index is 12.2. The predicted molar refractivity (Wildman–Crippen MR) is 94.7 cm³/mol. The molecule has 1 aromatic heterocycles. The number of benzene rings is 1. The fourth-order valence-corrected chi connectivity index (χ4v) is 2.59. The molecule has 0 unspecified atom stereocenters. The SMILES string of the molecule is C=CCN(CCO)C(=O)Nc1ccc2c(ccn2CC(C)C)c1. The van der Waals surface area contributed by atoms with E-state index in [0.717, 1.165) is 23.1 Å². The third-order valence-corrected chi connectivity index (χ3v) is 3.59. The Kier molecular flexibility index (Phi) is 5.82. The van der Waals surface area contributed by atoms with Crippen molar-refractivity contribution in [2.75, 3.05) is 25.0 Å². The number of anilines is 1. The number of aliphatic hydroxyl groups is 1. The van der Waals surface area contributed by atoms with Gasteiger partial charge >= 0.3 is 6.03 Å². The summed E-state index contributed by atoms with van der Waals surface area (Å²) in [4.78, 5) is 13.7. The smallest absolute Gasteiger partial charge is 0.322 e. The first-order valence-corrected chi connectivity index (χ1v) is 7.91. The van der Waals surface area contributed by atoms with Crippen LogP contribution in [0.4, 0.5) is 10.5 Å². The summed E-state index contributed by atoms with van der Waals surface area (Å²) in [5.41, 5.74) is 1.91. The zero-order valence-electron chi connectivity index (χ0n) is 13.8. The second kappa shape index (κ2) is 7.83. The molecule has 5 heteroatoms. The van der Waals surface area contributed by atoms with Crippen molar-refractivity contribution in [1.82, 2.24) is 9.47 Å². The second-order valence-corrected chi connectivity index (χ2v) is 6.02. The summed E-state index contributed by atoms with van der Waals surface area (Å²) >= 11 is 0. The zero-order valence-corrected chi connectivity index (χ0v) is 13.8. The van der Waals surface area contributed by atoms with Gasteiger partial charge in [-0.2, -0.15) is 0 Å². The Morgan fingerprint density at radius 2 is 2.22 bits per heavy atom. The van der Waals surface area contributed by atoms with E-state index >= 15 is 0 Å². The van der Waals surface area contributed by atoms with E-state index in [1.807, 2.05) is 18.2 Å². The Balaban J connectivity index is 2.14. The van der Waals surface area contributed by atoms with E-state index in [4.69, 9.17) is 5.11 Å². The highest BCUT2D eigenvalue weighted by Crippen LogP contribution is 2.21. The molecule has 0 aliphatic rings. The number of urea groups is 1. The average molecular weight is 315 g/mol. The van der Waals surface area contributed by atoms with Crippen LogP contribution in [0.3, 0.4) is 0 Å². The molecule has 2 amide bonds. The van der Waals surface area contributed by atoms with Crippen LogP contribution in [-0.2, 0) is 6.54 Å². The minimum absolute atomic E-state index is 0.0711. The van der Waals surface area contributed by atoms with Gasteiger partial charge in [-0.15, -0.1) is 6.58 Å². The van der Waals surface area contributed by atoms with Gasteiger partial charge in [0, 0.05) is 42.4 Å². The number of fused-ring (bicyclic) bond motifs is 1. The summed E-state index contributed by atoms with van der Waals surface area (Å²) in [5, 5.41) is 13.0. The van der Waals surface area contributed by atoms with E-state index in [0.29, 0.717) is 12.5 Å². The first kappa shape index (κ1) is 17.1. The highest BCUT2D eigenvalue weighted by molar-refractivity contribution is 5.93. The lowest BCUT2D eigenvalue weighted by Gasteiger charge is -2.20. The lowest BCUT2D eigenvalue weighted by molar-refractivity contribution is 0.195. The van der Waals surface area contributed by atoms with Gasteiger partial charge in [-0.05, 0) is 30.2 Å². The van der Waals surface area contributed by atoms with Gasteiger partial charge in [-0.1, -0.05) is 19.9 Å². The van der Waals surface area contributed by atoms with Crippen LogP contribution in [0.15, 0.2) is 43.1 Å². The molecule has 2 aromatic rings. The molecule has 124 valence electrons. The molecule has 0 aliphatic carbocycles. The molecule has 5 nitrogen and oxygen atoms in total. The van der Waals surface area contributed by atoms with Gasteiger partial charge in [0.25, 0.3) is 0 Å². The number of hydrogen-bond acceptors (Lipinski definition) is 2. The third kappa shape index (κ3) is 4.36. The molecule has 0 bridgehead atoms. The highest BCUT2D eigenvalue weighted by Gasteiger charge is 2.12. The number of amides is 2. The zero-order chi connectivity index (χ0) is 16.8. The largest absolute Gasteiger partial charge is 0.395 e. The number of nitrogens with zero attached hydrogens (tertiary/aromatic N) is 2. The average Bonchev–Trinajstić information content (AvgIpc) is 2.88. The molecule has 2 rings (SSSR count). The Bertz CT molecular complexity index is 676. The molecule has 0 radical (unpaired) electrons. The van der Waals surface area contributed by atoms with Gasteiger partial charge in [0.2, 0.25) is 0 Å². The lowest BCUT2D eigenvalue weighted by Crippen LogP contribution is -2.37. The van der Waals surface area contributed by atoms with Gasteiger partial charge in [-0.3, -0.25) is 0 Å². The van der Waals surface area contributed by atoms with E-state index < -0.39 is 0 Å². The van der Waals surface area contributed by atoms with Crippen molar-refractivity contribution >= 4 is 22.6 Å². The van der Waals surface area contributed by atoms with Gasteiger partial charge in [0.15, 0.2) is 0 Å². The lowest BCUT2D eigenvalue weighted by atomic mass is 10.2. The molecule has 23 heavy (non-hydrogen) atoms. The van der Waals surface area contributed by atoms with Crippen molar-refractivity contribution in [1.29, 1.82) is 0 Å². The molecule has 0 spiro atoms. The van der Waals surface area contributed by atoms with Gasteiger partial charge in [0.1, 0.15) is 0 Å². The van der Waals surface area contributed by atoms with E-state index in [-0.39, 0.29) is 19.2 Å². The van der Waals surface area contributed by atoms with E-state index in [1.165, 1.54) is 4.90 Å². The van der Waals surface area contributed by atoms with Crippen LogP contribution < -0.4 is 5.32 Å². The van der Waals surface area contributed by atoms with Crippen LogP contribution >= 0.6 is 0 Å². The molecule has 0 saturated carbocycles. The molecule has 0 atom stereocenters. The molecular formula is C18H25N3O2. The monoisotopic (exact) mass is 315 g/mol. The Morgan fingerprint density at radius 1 is 1.43 bits per heavy atom. The first-order valence-electron chi connectivity index (χ1n) is 7.91. The van der Waals surface area contributed by atoms with Crippen molar-refractivity contribution in [3.05, 3.63) is 43.1 Å². The number of rotatable bonds is 7. The molecule has 1 aromatic carbocycles. The summed E-state index contributed by atoms with van der Waals surface area (Å²) < 4.78 is 2.22. The maximum absolute atomic E-state index is 12.2. The van der Waals surface area contributed by atoms with Crippen LogP contribution in [0, 0.1) is 5.92 Å². The van der Waals surface area contributed by atoms with E-state index in [2.05, 4.69) is 42.6 Å². The Labute approximate surface area is 137 Å². The van der Waals surface area contributed by atoms with Crippen molar-refractivity contribution in [2.24, 2.45) is 5.92 Å². The molecular weight excluding hydrogens is 290 g/mol. The van der Waals surface area contributed by atoms with Crippen LogP contribution in [0.25, 0.3) is 10.9 Å². The topological polar surface area (TPSA) is 57.5 Å². The predicted octanol–water partition coefficient (Wildman–Crippen LogP) is 3.31. The van der Waals surface area contributed by atoms with Gasteiger partial charge < -0.3 is 19.9 Å². The van der Waals surface area contributed by atoms with Crippen LogP contribution in [0.5, 0.6) is 0 Å². The summed E-state index contributed by atoms with van der Waals surface area (Å²) in [6, 6.07) is 7.72. The molecule has 0 aliphatic heterocycles. The summed E-state index contributed by atoms with van der Waals surface area (Å²) in [6.45, 7) is 9.60. The van der Waals surface area contributed by atoms with Crippen LogP contribution in [0.2, 0.25) is 0 Å². The van der Waals surface area contributed by atoms with E-state index in [1.54, 1.807) is 6.08 Å². The highest BCUT2D eigenvalue weighted by atomic mass is 16.3. The number of aromatic nitrogens is 1. The number of nitrogens with one attached hydrogen (secondary N) is 1. The van der Waals surface area contributed by atoms with Crippen molar-refractivity contribution < 1.29 is 9.90 Å². The van der Waals surface area contributed by atoms with Crippen LogP contribution in [0.1, 0.15) is 13.8 Å². The van der Waals surface area contributed by atoms with Gasteiger partial charge in [-0.25, -0.2) is 4.79 Å². The maximum Gasteiger partial charge on any atom is 0.322 e. The van der Waals surface area contributed by atoms with Crippen molar-refractivity contribution in [3.63, 3.8) is 0 Å². The number of carbonyl (C=O) groups excluding carboxylic acids is 1. The Morgan fingerprint density at radius 3 is 2.87 bits per heavy atom.